The molecular formula is C17H31N3O7. The highest BCUT2D eigenvalue weighted by atomic mass is 16.7. The van der Waals surface area contributed by atoms with E-state index in [1.807, 2.05) is 13.8 Å². The fraction of sp³-hybridized carbons (Fsp3) is 0.824. The molecule has 1 saturated heterocycles. The Morgan fingerprint density at radius 1 is 1.19 bits per heavy atom. The van der Waals surface area contributed by atoms with Crippen LogP contribution in [0.3, 0.4) is 0 Å². The predicted octanol–water partition coefficient (Wildman–Crippen LogP) is -0.0437. The fourth-order valence-corrected chi connectivity index (χ4v) is 2.59. The van der Waals surface area contributed by atoms with Gasteiger partial charge in [0.25, 0.3) is 5.90 Å². The zero-order chi connectivity index (χ0) is 20.4. The molecule has 1 heterocycles. The van der Waals surface area contributed by atoms with Gasteiger partial charge in [-0.15, -0.1) is 0 Å². The van der Waals surface area contributed by atoms with Gasteiger partial charge in [-0.1, -0.05) is 26.7 Å². The maximum absolute atomic E-state index is 12.3. The summed E-state index contributed by atoms with van der Waals surface area (Å²) in [7, 11) is 0. The summed E-state index contributed by atoms with van der Waals surface area (Å²) in [6.45, 7) is 5.71. The first kappa shape index (κ1) is 23.1. The highest BCUT2D eigenvalue weighted by Crippen LogP contribution is 2.18. The van der Waals surface area contributed by atoms with Crippen LogP contribution in [-0.4, -0.2) is 82.2 Å². The number of nitrogens with zero attached hydrogens (tertiary/aromatic N) is 2. The third-order valence-corrected chi connectivity index (χ3v) is 4.18. The molecule has 0 bridgehead atoms. The van der Waals surface area contributed by atoms with Crippen LogP contribution in [0.25, 0.3) is 0 Å². The van der Waals surface area contributed by atoms with Gasteiger partial charge in [0.15, 0.2) is 6.10 Å². The Kier molecular flexibility index (Phi) is 10.0. The van der Waals surface area contributed by atoms with Gasteiger partial charge < -0.3 is 30.3 Å². The standard InChI is InChI=1S/C17H31N3O7/c1-4-6-8-20(9-7-5-2)17(25)27-19-16-13(18-11(3)22)15(24)14(23)12(10-21)26-16/h12-15,21,23-24H,4-10H2,1-3H3,(H,18,22)/b19-16+/t12-,13-,14-,15-/m1/s1. The average Bonchev–Trinajstić information content (AvgIpc) is 2.64. The van der Waals surface area contributed by atoms with Crippen LogP contribution in [0.1, 0.15) is 46.5 Å². The number of aliphatic hydroxyl groups excluding tert-OH is 3. The number of carbonyl (C=O) groups excluding carboxylic acids is 2. The lowest BCUT2D eigenvalue weighted by Gasteiger charge is -2.37. The van der Waals surface area contributed by atoms with Gasteiger partial charge in [0.05, 0.1) is 6.61 Å². The van der Waals surface area contributed by atoms with Crippen molar-refractivity contribution in [1.29, 1.82) is 0 Å². The van der Waals surface area contributed by atoms with Crippen LogP contribution in [0.15, 0.2) is 5.16 Å². The summed E-state index contributed by atoms with van der Waals surface area (Å²) < 4.78 is 5.30. The van der Waals surface area contributed by atoms with Crippen LogP contribution in [0.4, 0.5) is 4.79 Å². The molecule has 0 aliphatic carbocycles. The molecule has 4 N–H and O–H groups in total. The third kappa shape index (κ3) is 6.96. The molecule has 156 valence electrons. The Bertz CT molecular complexity index is 507. The van der Waals surface area contributed by atoms with Gasteiger partial charge in [-0.05, 0) is 18.0 Å². The molecule has 0 unspecified atom stereocenters. The zero-order valence-corrected chi connectivity index (χ0v) is 16.1. The summed E-state index contributed by atoms with van der Waals surface area (Å²) >= 11 is 0. The summed E-state index contributed by atoms with van der Waals surface area (Å²) in [6.07, 6.45) is -1.27. The van der Waals surface area contributed by atoms with Gasteiger partial charge in [0, 0.05) is 20.0 Å². The monoisotopic (exact) mass is 389 g/mol. The largest absolute Gasteiger partial charge is 0.468 e. The maximum atomic E-state index is 12.3. The highest BCUT2D eigenvalue weighted by Gasteiger charge is 2.44. The van der Waals surface area contributed by atoms with E-state index in [1.54, 1.807) is 0 Å². The average molecular weight is 389 g/mol. The summed E-state index contributed by atoms with van der Waals surface area (Å²) in [4.78, 5) is 30.2. The van der Waals surface area contributed by atoms with Crippen LogP contribution in [0.2, 0.25) is 0 Å². The van der Waals surface area contributed by atoms with Crippen molar-refractivity contribution in [2.75, 3.05) is 19.7 Å². The number of hydrogen-bond donors (Lipinski definition) is 4. The van der Waals surface area contributed by atoms with Gasteiger partial charge in [0.1, 0.15) is 18.2 Å². The second-order valence-electron chi connectivity index (χ2n) is 6.48. The Labute approximate surface area is 159 Å². The molecule has 0 aromatic carbocycles. The van der Waals surface area contributed by atoms with E-state index in [-0.39, 0.29) is 5.90 Å². The molecule has 0 aromatic rings. The van der Waals surface area contributed by atoms with E-state index in [0.29, 0.717) is 13.1 Å². The predicted molar refractivity (Wildman–Crippen MR) is 96.9 cm³/mol. The summed E-state index contributed by atoms with van der Waals surface area (Å²) in [5, 5.41) is 35.4. The quantitative estimate of drug-likeness (QED) is 0.320. The second-order valence-corrected chi connectivity index (χ2v) is 6.48. The van der Waals surface area contributed by atoms with Crippen molar-refractivity contribution in [1.82, 2.24) is 10.2 Å². The van der Waals surface area contributed by atoms with Crippen molar-refractivity contribution in [2.24, 2.45) is 5.16 Å². The maximum Gasteiger partial charge on any atom is 0.436 e. The van der Waals surface area contributed by atoms with Crippen LogP contribution in [0, 0.1) is 0 Å². The molecule has 0 spiro atoms. The first-order valence-electron chi connectivity index (χ1n) is 9.30. The highest BCUT2D eigenvalue weighted by molar-refractivity contribution is 5.88. The summed E-state index contributed by atoms with van der Waals surface area (Å²) in [5.41, 5.74) is 0. The van der Waals surface area contributed by atoms with E-state index in [9.17, 15) is 24.9 Å². The number of ether oxygens (including phenoxy) is 1. The summed E-state index contributed by atoms with van der Waals surface area (Å²) in [5.74, 6) is -0.787. The number of amides is 2. The van der Waals surface area contributed by atoms with Gasteiger partial charge in [-0.2, -0.15) is 0 Å². The first-order valence-corrected chi connectivity index (χ1v) is 9.30. The van der Waals surface area contributed by atoms with Crippen molar-refractivity contribution in [3.63, 3.8) is 0 Å². The van der Waals surface area contributed by atoms with Crippen LogP contribution in [0.5, 0.6) is 0 Å². The van der Waals surface area contributed by atoms with Crippen molar-refractivity contribution < 1.29 is 34.5 Å². The lowest BCUT2D eigenvalue weighted by molar-refractivity contribution is -0.126. The van der Waals surface area contributed by atoms with Crippen molar-refractivity contribution in [3.8, 4) is 0 Å². The molecule has 0 radical (unpaired) electrons. The SMILES string of the molecule is CCCCN(CCCC)C(=O)O/N=C1/O[C@H](CO)[C@@H](O)[C@H](O)[C@H]1NC(C)=O. The normalized spacial score (nSPS) is 26.4. The van der Waals surface area contributed by atoms with Crippen molar-refractivity contribution in [2.45, 2.75) is 70.8 Å². The number of carbonyl (C=O) groups is 2. The number of nitrogens with one attached hydrogen (secondary N) is 1. The van der Waals surface area contributed by atoms with E-state index < -0.39 is 43.0 Å². The molecule has 10 nitrogen and oxygen atoms in total. The minimum absolute atomic E-state index is 0.290. The van der Waals surface area contributed by atoms with E-state index in [1.165, 1.54) is 11.8 Å². The van der Waals surface area contributed by atoms with E-state index in [0.717, 1.165) is 25.7 Å². The topological polar surface area (TPSA) is 141 Å². The van der Waals surface area contributed by atoms with Gasteiger partial charge in [0.2, 0.25) is 5.91 Å². The molecule has 1 rings (SSSR count). The second kappa shape index (κ2) is 11.7. The van der Waals surface area contributed by atoms with Gasteiger partial charge in [-0.25, -0.2) is 4.79 Å². The van der Waals surface area contributed by atoms with Crippen molar-refractivity contribution in [3.05, 3.63) is 0 Å². The molecular weight excluding hydrogens is 358 g/mol. The van der Waals surface area contributed by atoms with Gasteiger partial charge >= 0.3 is 6.09 Å². The molecule has 0 saturated carbocycles. The van der Waals surface area contributed by atoms with E-state index in [2.05, 4.69) is 10.5 Å². The molecule has 27 heavy (non-hydrogen) atoms. The van der Waals surface area contributed by atoms with E-state index >= 15 is 0 Å². The molecule has 0 aromatic heterocycles. The number of rotatable bonds is 9. The van der Waals surface area contributed by atoms with Crippen LogP contribution in [-0.2, 0) is 14.4 Å². The Morgan fingerprint density at radius 2 is 1.78 bits per heavy atom. The molecule has 1 aliphatic rings. The Balaban J connectivity index is 2.90. The lowest BCUT2D eigenvalue weighted by atomic mass is 9.97. The lowest BCUT2D eigenvalue weighted by Crippen LogP contribution is -2.62. The minimum atomic E-state index is -1.48. The molecule has 2 amide bonds. The Morgan fingerprint density at radius 3 is 2.26 bits per heavy atom. The van der Waals surface area contributed by atoms with Crippen LogP contribution >= 0.6 is 0 Å². The number of oxime groups is 1. The zero-order valence-electron chi connectivity index (χ0n) is 16.1. The fourth-order valence-electron chi connectivity index (χ4n) is 2.59. The molecule has 1 fully saturated rings. The number of hydrogen-bond acceptors (Lipinski definition) is 8. The number of aliphatic hydroxyl groups is 3. The number of unbranched alkanes of at least 4 members (excludes halogenated alkanes) is 2. The molecule has 4 atom stereocenters. The summed E-state index contributed by atoms with van der Waals surface area (Å²) in [6, 6.07) is -1.20. The smallest absolute Gasteiger partial charge is 0.436 e. The first-order chi connectivity index (χ1) is 12.8. The molecule has 10 heteroatoms. The third-order valence-electron chi connectivity index (χ3n) is 4.18. The molecule has 1 aliphatic heterocycles. The minimum Gasteiger partial charge on any atom is -0.468 e. The van der Waals surface area contributed by atoms with Gasteiger partial charge in [-0.3, -0.25) is 9.63 Å². The Hall–Kier alpha value is -1.91. The van der Waals surface area contributed by atoms with E-state index in [4.69, 9.17) is 9.57 Å². The van der Waals surface area contributed by atoms with Crippen molar-refractivity contribution >= 4 is 17.9 Å². The van der Waals surface area contributed by atoms with Crippen LogP contribution < -0.4 is 5.32 Å².